The first-order valence-electron chi connectivity index (χ1n) is 4.56. The Morgan fingerprint density at radius 3 is 2.46 bits per heavy atom. The Morgan fingerprint density at radius 2 is 2.08 bits per heavy atom. The summed E-state index contributed by atoms with van der Waals surface area (Å²) in [5.74, 6) is 0.648. The molecule has 0 spiro atoms. The van der Waals surface area contributed by atoms with Crippen LogP contribution in [0.4, 0.5) is 0 Å². The van der Waals surface area contributed by atoms with Crippen molar-refractivity contribution in [3.05, 3.63) is 0 Å². The molecule has 1 unspecified atom stereocenters. The second-order valence-electron chi connectivity index (χ2n) is 2.99. The minimum absolute atomic E-state index is 0. The molecule has 0 fully saturated rings. The quantitative estimate of drug-likeness (QED) is 0.540. The Morgan fingerprint density at radius 1 is 1.46 bits per heavy atom. The zero-order valence-corrected chi connectivity index (χ0v) is 12.2. The SMILES string of the molecule is CCCCC(CC)COC(=S)S.[Pt]. The minimum atomic E-state index is 0. The van der Waals surface area contributed by atoms with E-state index >= 15 is 0 Å². The standard InChI is InChI=1S/C9H18OS2.Pt/c1-3-5-6-8(4-2)7-10-9(11)12;/h8H,3-7H2,1-2H3,(H,11,12);. The fourth-order valence-electron chi connectivity index (χ4n) is 1.09. The maximum Gasteiger partial charge on any atom is 0.216 e. The fraction of sp³-hybridized carbons (Fsp3) is 0.889. The Bertz CT molecular complexity index is 131. The van der Waals surface area contributed by atoms with Gasteiger partial charge < -0.3 is 4.74 Å². The third kappa shape index (κ3) is 10.9. The van der Waals surface area contributed by atoms with Gasteiger partial charge in [-0.2, -0.15) is 0 Å². The van der Waals surface area contributed by atoms with Gasteiger partial charge in [0.15, 0.2) is 0 Å². The first-order chi connectivity index (χ1) is 5.70. The van der Waals surface area contributed by atoms with Gasteiger partial charge in [-0.3, -0.25) is 0 Å². The van der Waals surface area contributed by atoms with Crippen LogP contribution in [0.1, 0.15) is 39.5 Å². The number of rotatable bonds is 6. The van der Waals surface area contributed by atoms with Crippen molar-refractivity contribution in [3.63, 3.8) is 0 Å². The molecule has 0 saturated heterocycles. The number of thiol groups is 1. The van der Waals surface area contributed by atoms with Gasteiger partial charge in [0.25, 0.3) is 0 Å². The largest absolute Gasteiger partial charge is 0.478 e. The molecule has 0 N–H and O–H groups in total. The molecule has 0 bridgehead atoms. The molecule has 0 aromatic carbocycles. The van der Waals surface area contributed by atoms with E-state index in [2.05, 4.69) is 26.5 Å². The topological polar surface area (TPSA) is 9.23 Å². The molecule has 4 heteroatoms. The Labute approximate surface area is 107 Å². The molecule has 0 radical (unpaired) electrons. The number of thiocarbonyl (C=S) groups is 1. The van der Waals surface area contributed by atoms with Crippen LogP contribution in [0, 0.1) is 5.92 Å². The molecule has 0 rings (SSSR count). The van der Waals surface area contributed by atoms with Crippen LogP contribution in [0.3, 0.4) is 0 Å². The first kappa shape index (κ1) is 16.4. The van der Waals surface area contributed by atoms with Crippen molar-refractivity contribution in [2.75, 3.05) is 6.61 Å². The molecule has 0 aromatic rings. The molecule has 0 saturated carbocycles. The monoisotopic (exact) mass is 401 g/mol. The maximum absolute atomic E-state index is 5.19. The molecule has 0 aliphatic heterocycles. The van der Waals surface area contributed by atoms with Gasteiger partial charge in [0.2, 0.25) is 4.38 Å². The van der Waals surface area contributed by atoms with Crippen molar-refractivity contribution in [1.82, 2.24) is 0 Å². The van der Waals surface area contributed by atoms with E-state index < -0.39 is 0 Å². The van der Waals surface area contributed by atoms with E-state index in [1.807, 2.05) is 0 Å². The zero-order chi connectivity index (χ0) is 9.40. The van der Waals surface area contributed by atoms with Crippen LogP contribution in [0.15, 0.2) is 0 Å². The van der Waals surface area contributed by atoms with Crippen LogP contribution in [-0.4, -0.2) is 11.0 Å². The van der Waals surface area contributed by atoms with E-state index in [1.54, 1.807) is 0 Å². The average molecular weight is 401 g/mol. The maximum atomic E-state index is 5.19. The molecule has 1 nitrogen and oxygen atoms in total. The second-order valence-corrected chi connectivity index (χ2v) is 4.07. The van der Waals surface area contributed by atoms with Gasteiger partial charge in [0, 0.05) is 21.1 Å². The summed E-state index contributed by atoms with van der Waals surface area (Å²) in [4.78, 5) is 0. The number of hydrogen-bond acceptors (Lipinski definition) is 2. The zero-order valence-electron chi connectivity index (χ0n) is 8.19. The summed E-state index contributed by atoms with van der Waals surface area (Å²) >= 11 is 8.63. The van der Waals surface area contributed by atoms with Crippen LogP contribution in [-0.2, 0) is 25.8 Å². The Balaban J connectivity index is 0. The van der Waals surface area contributed by atoms with Crippen molar-refractivity contribution < 1.29 is 25.8 Å². The van der Waals surface area contributed by atoms with Crippen LogP contribution < -0.4 is 0 Å². The van der Waals surface area contributed by atoms with Crippen LogP contribution in [0.2, 0.25) is 0 Å². The van der Waals surface area contributed by atoms with E-state index in [4.69, 9.17) is 17.0 Å². The molecular weight excluding hydrogens is 383 g/mol. The molecule has 0 aromatic heterocycles. The third-order valence-corrected chi connectivity index (χ3v) is 2.23. The van der Waals surface area contributed by atoms with E-state index in [0.717, 1.165) is 13.0 Å². The van der Waals surface area contributed by atoms with Crippen molar-refractivity contribution in [2.24, 2.45) is 5.92 Å². The van der Waals surface area contributed by atoms with Gasteiger partial charge in [-0.25, -0.2) is 0 Å². The van der Waals surface area contributed by atoms with Gasteiger partial charge in [0.05, 0.1) is 6.61 Å². The summed E-state index contributed by atoms with van der Waals surface area (Å²) in [6, 6.07) is 0. The number of hydrogen-bond donors (Lipinski definition) is 1. The smallest absolute Gasteiger partial charge is 0.216 e. The van der Waals surface area contributed by atoms with Gasteiger partial charge in [-0.1, -0.05) is 45.7 Å². The van der Waals surface area contributed by atoms with E-state index in [1.165, 1.54) is 19.3 Å². The molecule has 0 aliphatic carbocycles. The van der Waals surface area contributed by atoms with Gasteiger partial charge >= 0.3 is 0 Å². The van der Waals surface area contributed by atoms with Crippen molar-refractivity contribution >= 4 is 29.2 Å². The predicted molar refractivity (Wildman–Crippen MR) is 60.8 cm³/mol. The number of ether oxygens (including phenoxy) is 1. The minimum Gasteiger partial charge on any atom is -0.478 e. The molecule has 0 heterocycles. The fourth-order valence-corrected chi connectivity index (χ4v) is 1.23. The average Bonchev–Trinajstić information content (AvgIpc) is 2.05. The summed E-state index contributed by atoms with van der Waals surface area (Å²) in [7, 11) is 0. The van der Waals surface area contributed by atoms with Crippen LogP contribution >= 0.6 is 24.8 Å². The van der Waals surface area contributed by atoms with Crippen LogP contribution in [0.5, 0.6) is 0 Å². The molecule has 13 heavy (non-hydrogen) atoms. The third-order valence-electron chi connectivity index (χ3n) is 1.99. The van der Waals surface area contributed by atoms with E-state index in [9.17, 15) is 0 Å². The Hall–Kier alpha value is 0.928. The molecular formula is C9H18OPtS2. The molecule has 1 atom stereocenters. The van der Waals surface area contributed by atoms with Crippen LogP contribution in [0.25, 0.3) is 0 Å². The van der Waals surface area contributed by atoms with Crippen molar-refractivity contribution in [2.45, 2.75) is 39.5 Å². The molecule has 82 valence electrons. The summed E-state index contributed by atoms with van der Waals surface area (Å²) in [5.41, 5.74) is 0. The van der Waals surface area contributed by atoms with Gasteiger partial charge in [-0.05, 0) is 24.6 Å². The Kier molecular flexibility index (Phi) is 13.9. The number of unbranched alkanes of at least 4 members (excludes halogenated alkanes) is 1. The normalized spacial score (nSPS) is 11.6. The van der Waals surface area contributed by atoms with Gasteiger partial charge in [0.1, 0.15) is 0 Å². The van der Waals surface area contributed by atoms with Crippen molar-refractivity contribution in [3.8, 4) is 0 Å². The van der Waals surface area contributed by atoms with Crippen molar-refractivity contribution in [1.29, 1.82) is 0 Å². The van der Waals surface area contributed by atoms with Gasteiger partial charge in [-0.15, -0.1) is 0 Å². The molecule has 0 amide bonds. The predicted octanol–water partition coefficient (Wildman–Crippen LogP) is 3.43. The summed E-state index contributed by atoms with van der Waals surface area (Å²) in [6.45, 7) is 5.13. The second kappa shape index (κ2) is 11.0. The first-order valence-corrected chi connectivity index (χ1v) is 5.41. The summed E-state index contributed by atoms with van der Waals surface area (Å²) in [6.07, 6.45) is 4.93. The van der Waals surface area contributed by atoms with E-state index in [0.29, 0.717) is 10.3 Å². The summed E-state index contributed by atoms with van der Waals surface area (Å²) in [5, 5.41) is 0. The summed E-state index contributed by atoms with van der Waals surface area (Å²) < 4.78 is 5.55. The van der Waals surface area contributed by atoms with E-state index in [-0.39, 0.29) is 21.1 Å². The molecule has 0 aliphatic rings.